The molecule has 19 heavy (non-hydrogen) atoms. The first kappa shape index (κ1) is 13.1. The van der Waals surface area contributed by atoms with Crippen molar-refractivity contribution in [3.63, 3.8) is 0 Å². The highest BCUT2D eigenvalue weighted by Gasteiger charge is 2.13. The predicted molar refractivity (Wildman–Crippen MR) is 71.6 cm³/mol. The zero-order valence-corrected chi connectivity index (χ0v) is 10.8. The van der Waals surface area contributed by atoms with Gasteiger partial charge in [0, 0.05) is 5.39 Å². The number of ether oxygens (including phenoxy) is 1. The lowest BCUT2D eigenvalue weighted by Crippen LogP contribution is -2.12. The van der Waals surface area contributed by atoms with E-state index in [4.69, 9.17) is 4.74 Å². The van der Waals surface area contributed by atoms with Gasteiger partial charge in [0.15, 0.2) is 0 Å². The molecule has 0 aliphatic carbocycles. The molecule has 1 heterocycles. The largest absolute Gasteiger partial charge is 0.507 e. The van der Waals surface area contributed by atoms with Gasteiger partial charge in [0.25, 0.3) is 5.56 Å². The fourth-order valence-electron chi connectivity index (χ4n) is 1.99. The second-order valence-electron chi connectivity index (χ2n) is 4.12. The monoisotopic (exact) mass is 261 g/mol. The number of pyridine rings is 1. The lowest BCUT2D eigenvalue weighted by molar-refractivity contribution is 0.0526. The van der Waals surface area contributed by atoms with Gasteiger partial charge in [0.05, 0.1) is 23.3 Å². The topological polar surface area (TPSA) is 79.4 Å². The van der Waals surface area contributed by atoms with Gasteiger partial charge in [0.2, 0.25) is 0 Å². The van der Waals surface area contributed by atoms with Gasteiger partial charge in [-0.2, -0.15) is 0 Å². The molecule has 5 nitrogen and oxygen atoms in total. The molecule has 2 N–H and O–H groups in total. The van der Waals surface area contributed by atoms with Crippen molar-refractivity contribution in [2.75, 3.05) is 6.61 Å². The fraction of sp³-hybridized carbons (Fsp3) is 0.286. The molecule has 0 fully saturated rings. The number of nitrogens with one attached hydrogen (secondary N) is 1. The molecule has 0 unspecified atom stereocenters. The van der Waals surface area contributed by atoms with Crippen LogP contribution in [0.15, 0.2) is 23.0 Å². The van der Waals surface area contributed by atoms with Crippen molar-refractivity contribution in [3.05, 3.63) is 39.7 Å². The third kappa shape index (κ3) is 2.31. The van der Waals surface area contributed by atoms with Crippen LogP contribution in [0.2, 0.25) is 0 Å². The van der Waals surface area contributed by atoms with Crippen molar-refractivity contribution < 1.29 is 14.6 Å². The number of benzene rings is 1. The Balaban J connectivity index is 2.65. The van der Waals surface area contributed by atoms with Gasteiger partial charge in [-0.15, -0.1) is 0 Å². The van der Waals surface area contributed by atoms with E-state index < -0.39 is 5.97 Å². The average molecular weight is 261 g/mol. The SMILES string of the molecule is CCOC(=O)c1ccc2[nH]c(=O)c(CC)c(O)c2c1. The number of aromatic amines is 1. The maximum atomic E-state index is 11.7. The molecule has 5 heteroatoms. The summed E-state index contributed by atoms with van der Waals surface area (Å²) in [5, 5.41) is 10.5. The minimum atomic E-state index is -0.451. The van der Waals surface area contributed by atoms with Crippen LogP contribution in [0.25, 0.3) is 10.9 Å². The maximum Gasteiger partial charge on any atom is 0.338 e. The van der Waals surface area contributed by atoms with Crippen molar-refractivity contribution in [3.8, 4) is 5.75 Å². The molecule has 2 rings (SSSR count). The third-order valence-electron chi connectivity index (χ3n) is 2.95. The van der Waals surface area contributed by atoms with E-state index in [2.05, 4.69) is 4.98 Å². The molecule has 100 valence electrons. The Kier molecular flexibility index (Phi) is 3.55. The second kappa shape index (κ2) is 5.14. The molecule has 0 amide bonds. The molecule has 0 spiro atoms. The Morgan fingerprint density at radius 2 is 2.11 bits per heavy atom. The molecule has 0 aliphatic rings. The van der Waals surface area contributed by atoms with Crippen LogP contribution < -0.4 is 5.56 Å². The number of hydrogen-bond acceptors (Lipinski definition) is 4. The van der Waals surface area contributed by atoms with E-state index in [-0.39, 0.29) is 17.9 Å². The normalized spacial score (nSPS) is 10.6. The Bertz CT molecular complexity index is 688. The molecule has 1 aromatic heterocycles. The van der Waals surface area contributed by atoms with Crippen molar-refractivity contribution in [1.29, 1.82) is 0 Å². The Morgan fingerprint density at radius 3 is 2.74 bits per heavy atom. The number of aromatic hydroxyl groups is 1. The Labute approximate surface area is 109 Å². The standard InChI is InChI=1S/C14H15NO4/c1-3-9-12(16)10-7-8(14(18)19-4-2)5-6-11(10)15-13(9)17/h5-7H,3-4H2,1-2H3,(H2,15,16,17). The minimum Gasteiger partial charge on any atom is -0.507 e. The van der Waals surface area contributed by atoms with E-state index in [1.807, 2.05) is 0 Å². The Morgan fingerprint density at radius 1 is 1.37 bits per heavy atom. The second-order valence-corrected chi connectivity index (χ2v) is 4.12. The van der Waals surface area contributed by atoms with Crippen molar-refractivity contribution in [2.45, 2.75) is 20.3 Å². The number of carbonyl (C=O) groups excluding carboxylic acids is 1. The number of rotatable bonds is 3. The quantitative estimate of drug-likeness (QED) is 0.828. The molecular formula is C14H15NO4. The first-order valence-electron chi connectivity index (χ1n) is 6.13. The first-order chi connectivity index (χ1) is 9.08. The van der Waals surface area contributed by atoms with E-state index in [1.165, 1.54) is 6.07 Å². The Hall–Kier alpha value is -2.30. The van der Waals surface area contributed by atoms with Gasteiger partial charge in [0.1, 0.15) is 5.75 Å². The van der Waals surface area contributed by atoms with Crippen molar-refractivity contribution >= 4 is 16.9 Å². The van der Waals surface area contributed by atoms with Gasteiger partial charge >= 0.3 is 5.97 Å². The van der Waals surface area contributed by atoms with Crippen molar-refractivity contribution in [1.82, 2.24) is 4.98 Å². The maximum absolute atomic E-state index is 11.7. The molecular weight excluding hydrogens is 246 g/mol. The fourth-order valence-corrected chi connectivity index (χ4v) is 1.99. The summed E-state index contributed by atoms with van der Waals surface area (Å²) < 4.78 is 4.90. The molecule has 0 atom stereocenters. The highest BCUT2D eigenvalue weighted by molar-refractivity contribution is 5.96. The summed E-state index contributed by atoms with van der Waals surface area (Å²) in [6, 6.07) is 4.67. The summed E-state index contributed by atoms with van der Waals surface area (Å²) in [6.07, 6.45) is 0.417. The zero-order chi connectivity index (χ0) is 14.0. The summed E-state index contributed by atoms with van der Waals surface area (Å²) in [4.78, 5) is 26.0. The lowest BCUT2D eigenvalue weighted by Gasteiger charge is -2.07. The number of H-pyrrole nitrogens is 1. The highest BCUT2D eigenvalue weighted by atomic mass is 16.5. The molecule has 1 aromatic carbocycles. The third-order valence-corrected chi connectivity index (χ3v) is 2.95. The number of hydrogen-bond donors (Lipinski definition) is 2. The van der Waals surface area contributed by atoms with Crippen LogP contribution in [0.5, 0.6) is 5.75 Å². The average Bonchev–Trinajstić information content (AvgIpc) is 2.39. The summed E-state index contributed by atoms with van der Waals surface area (Å²) in [5.74, 6) is -0.527. The van der Waals surface area contributed by atoms with Crippen LogP contribution in [0, 0.1) is 0 Å². The summed E-state index contributed by atoms with van der Waals surface area (Å²) in [6.45, 7) is 3.79. The van der Waals surface area contributed by atoms with Crippen LogP contribution in [-0.2, 0) is 11.2 Å². The summed E-state index contributed by atoms with van der Waals surface area (Å²) in [5.41, 5.74) is 0.844. The minimum absolute atomic E-state index is 0.0765. The molecule has 2 aromatic rings. The number of carbonyl (C=O) groups is 1. The van der Waals surface area contributed by atoms with Gasteiger partial charge in [-0.05, 0) is 31.5 Å². The van der Waals surface area contributed by atoms with E-state index in [9.17, 15) is 14.7 Å². The molecule has 0 saturated heterocycles. The highest BCUT2D eigenvalue weighted by Crippen LogP contribution is 2.26. The zero-order valence-electron chi connectivity index (χ0n) is 10.8. The van der Waals surface area contributed by atoms with E-state index in [0.717, 1.165) is 0 Å². The first-order valence-corrected chi connectivity index (χ1v) is 6.13. The van der Waals surface area contributed by atoms with Gasteiger partial charge in [-0.1, -0.05) is 6.92 Å². The van der Waals surface area contributed by atoms with Gasteiger partial charge < -0.3 is 14.8 Å². The predicted octanol–water partition coefficient (Wildman–Crippen LogP) is 1.97. The van der Waals surface area contributed by atoms with Crippen molar-refractivity contribution in [2.24, 2.45) is 0 Å². The lowest BCUT2D eigenvalue weighted by atomic mass is 10.1. The van der Waals surface area contributed by atoms with E-state index >= 15 is 0 Å². The molecule has 0 radical (unpaired) electrons. The van der Waals surface area contributed by atoms with E-state index in [0.29, 0.717) is 28.5 Å². The van der Waals surface area contributed by atoms with Crippen LogP contribution in [-0.4, -0.2) is 22.7 Å². The summed E-state index contributed by atoms with van der Waals surface area (Å²) >= 11 is 0. The summed E-state index contributed by atoms with van der Waals surface area (Å²) in [7, 11) is 0. The van der Waals surface area contributed by atoms with Crippen LogP contribution >= 0.6 is 0 Å². The smallest absolute Gasteiger partial charge is 0.338 e. The molecule has 0 bridgehead atoms. The van der Waals surface area contributed by atoms with Crippen LogP contribution in [0.3, 0.4) is 0 Å². The van der Waals surface area contributed by atoms with E-state index in [1.54, 1.807) is 26.0 Å². The number of aromatic nitrogens is 1. The molecule has 0 saturated carbocycles. The number of esters is 1. The van der Waals surface area contributed by atoms with Crippen LogP contribution in [0.4, 0.5) is 0 Å². The van der Waals surface area contributed by atoms with Gasteiger partial charge in [-0.3, -0.25) is 4.79 Å². The van der Waals surface area contributed by atoms with Gasteiger partial charge in [-0.25, -0.2) is 4.79 Å². The number of fused-ring (bicyclic) bond motifs is 1. The van der Waals surface area contributed by atoms with Crippen LogP contribution in [0.1, 0.15) is 29.8 Å². The molecule has 0 aliphatic heterocycles.